The van der Waals surface area contributed by atoms with Gasteiger partial charge in [0.25, 0.3) is 0 Å². The van der Waals surface area contributed by atoms with E-state index < -0.39 is 5.91 Å². The summed E-state index contributed by atoms with van der Waals surface area (Å²) in [7, 11) is 0. The van der Waals surface area contributed by atoms with Crippen molar-refractivity contribution in [1.29, 1.82) is 5.26 Å². The molecule has 0 radical (unpaired) electrons. The van der Waals surface area contributed by atoms with Crippen LogP contribution in [0.4, 0.5) is 5.69 Å². The highest BCUT2D eigenvalue weighted by molar-refractivity contribution is 7.99. The largest absolute Gasteiger partial charge is 0.366 e. The zero-order chi connectivity index (χ0) is 19.2. The fraction of sp³-hybridized carbons (Fsp3) is 0.100. The van der Waals surface area contributed by atoms with Gasteiger partial charge >= 0.3 is 0 Å². The summed E-state index contributed by atoms with van der Waals surface area (Å²) in [6.07, 6.45) is 0.241. The Balaban J connectivity index is 1.66. The molecule has 0 aliphatic carbocycles. The van der Waals surface area contributed by atoms with Crippen LogP contribution in [0.2, 0.25) is 0 Å². The van der Waals surface area contributed by atoms with Crippen molar-refractivity contribution < 1.29 is 9.59 Å². The number of anilines is 1. The number of fused-ring (bicyclic) bond motifs is 1. The molecule has 3 N–H and O–H groups in total. The van der Waals surface area contributed by atoms with E-state index in [1.165, 1.54) is 11.8 Å². The molecule has 2 aromatic carbocycles. The van der Waals surface area contributed by atoms with Crippen molar-refractivity contribution in [1.82, 2.24) is 4.98 Å². The Bertz CT molecular complexity index is 1060. The molecule has 1 heterocycles. The van der Waals surface area contributed by atoms with E-state index in [1.807, 2.05) is 24.3 Å². The minimum atomic E-state index is -0.513. The van der Waals surface area contributed by atoms with Crippen LogP contribution < -0.4 is 11.1 Å². The molecule has 6 nitrogen and oxygen atoms in total. The predicted octanol–water partition coefficient (Wildman–Crippen LogP) is 3.33. The van der Waals surface area contributed by atoms with Gasteiger partial charge < -0.3 is 11.1 Å². The number of nitrogens with two attached hydrogens (primary N) is 1. The molecule has 1 aromatic heterocycles. The number of hydrogen-bond donors (Lipinski definition) is 2. The number of pyridine rings is 1. The first-order valence-electron chi connectivity index (χ1n) is 8.20. The number of benzene rings is 2. The highest BCUT2D eigenvalue weighted by atomic mass is 32.2. The lowest BCUT2D eigenvalue weighted by Gasteiger charge is -2.08. The third kappa shape index (κ3) is 4.43. The summed E-state index contributed by atoms with van der Waals surface area (Å²) in [4.78, 5) is 28.3. The second kappa shape index (κ2) is 8.34. The first-order valence-corrected chi connectivity index (χ1v) is 9.18. The van der Waals surface area contributed by atoms with Gasteiger partial charge in [0, 0.05) is 17.6 Å². The number of thioether (sulfide) groups is 1. The number of primary amides is 1. The molecule has 0 saturated carbocycles. The highest BCUT2D eigenvalue weighted by Gasteiger charge is 2.11. The molecule has 0 fully saturated rings. The van der Waals surface area contributed by atoms with Gasteiger partial charge in [-0.2, -0.15) is 5.26 Å². The molecule has 0 unspecified atom stereocenters. The minimum Gasteiger partial charge on any atom is -0.366 e. The van der Waals surface area contributed by atoms with E-state index in [2.05, 4.69) is 10.3 Å². The van der Waals surface area contributed by atoms with Gasteiger partial charge in [0.05, 0.1) is 27.4 Å². The molecule has 0 atom stereocenters. The van der Waals surface area contributed by atoms with Crippen molar-refractivity contribution in [2.75, 3.05) is 11.1 Å². The zero-order valence-corrected chi connectivity index (χ0v) is 15.1. The quantitative estimate of drug-likeness (QED) is 0.642. The first kappa shape index (κ1) is 18.4. The molecule has 0 bridgehead atoms. The van der Waals surface area contributed by atoms with Gasteiger partial charge in [0.15, 0.2) is 0 Å². The van der Waals surface area contributed by atoms with Gasteiger partial charge in [0.1, 0.15) is 6.07 Å². The number of para-hydroxylation sites is 2. The Kier molecular flexibility index (Phi) is 5.69. The van der Waals surface area contributed by atoms with Crippen molar-refractivity contribution in [2.45, 2.75) is 11.4 Å². The number of nitrogens with zero attached hydrogens (tertiary/aromatic N) is 2. The highest BCUT2D eigenvalue weighted by Crippen LogP contribution is 2.24. The first-order chi connectivity index (χ1) is 13.1. The van der Waals surface area contributed by atoms with Crippen LogP contribution in [0, 0.1) is 11.3 Å². The Labute approximate surface area is 160 Å². The minimum absolute atomic E-state index is 0.193. The van der Waals surface area contributed by atoms with Crippen molar-refractivity contribution in [3.05, 3.63) is 65.7 Å². The van der Waals surface area contributed by atoms with E-state index in [0.717, 1.165) is 0 Å². The SMILES string of the molecule is N#Cc1ccccc1NC(=O)CCSc1cc(C(N)=O)c2ccccc2n1. The van der Waals surface area contributed by atoms with Crippen LogP contribution in [0.15, 0.2) is 59.6 Å². The monoisotopic (exact) mass is 376 g/mol. The number of carbonyl (C=O) groups excluding carboxylic acids is 2. The van der Waals surface area contributed by atoms with Gasteiger partial charge in [-0.15, -0.1) is 11.8 Å². The normalized spacial score (nSPS) is 10.3. The van der Waals surface area contributed by atoms with Gasteiger partial charge in [-0.05, 0) is 24.3 Å². The van der Waals surface area contributed by atoms with Crippen molar-refractivity contribution in [3.8, 4) is 6.07 Å². The molecule has 134 valence electrons. The van der Waals surface area contributed by atoms with E-state index in [-0.39, 0.29) is 12.3 Å². The summed E-state index contributed by atoms with van der Waals surface area (Å²) in [5.41, 5.74) is 7.48. The van der Waals surface area contributed by atoms with Crippen molar-refractivity contribution in [3.63, 3.8) is 0 Å². The zero-order valence-electron chi connectivity index (χ0n) is 14.3. The molecule has 7 heteroatoms. The summed E-state index contributed by atoms with van der Waals surface area (Å²) in [6, 6.07) is 17.8. The van der Waals surface area contributed by atoms with Crippen molar-refractivity contribution >= 4 is 40.2 Å². The third-order valence-corrected chi connectivity index (χ3v) is 4.77. The number of amides is 2. The summed E-state index contributed by atoms with van der Waals surface area (Å²) >= 11 is 1.37. The molecule has 2 amide bonds. The molecule has 0 aliphatic heterocycles. The molecule has 0 spiro atoms. The van der Waals surface area contributed by atoms with Gasteiger partial charge in [-0.1, -0.05) is 30.3 Å². The Morgan fingerprint density at radius 3 is 2.67 bits per heavy atom. The average Bonchev–Trinajstić information content (AvgIpc) is 2.67. The number of rotatable bonds is 6. The number of nitrogens with one attached hydrogen (secondary N) is 1. The summed E-state index contributed by atoms with van der Waals surface area (Å²) in [6.45, 7) is 0. The lowest BCUT2D eigenvalue weighted by molar-refractivity contribution is -0.115. The van der Waals surface area contributed by atoms with Crippen LogP contribution >= 0.6 is 11.8 Å². The Morgan fingerprint density at radius 1 is 1.15 bits per heavy atom. The fourth-order valence-electron chi connectivity index (χ4n) is 2.58. The maximum atomic E-state index is 12.1. The molecule has 0 saturated heterocycles. The van der Waals surface area contributed by atoms with Crippen molar-refractivity contribution in [2.24, 2.45) is 5.73 Å². The number of hydrogen-bond acceptors (Lipinski definition) is 5. The number of aromatic nitrogens is 1. The third-order valence-electron chi connectivity index (χ3n) is 3.86. The molecular weight excluding hydrogens is 360 g/mol. The van der Waals surface area contributed by atoms with E-state index >= 15 is 0 Å². The van der Waals surface area contributed by atoms with Gasteiger partial charge in [-0.25, -0.2) is 4.98 Å². The fourth-order valence-corrected chi connectivity index (χ4v) is 3.44. The van der Waals surface area contributed by atoms with Crippen LogP contribution in [0.1, 0.15) is 22.3 Å². The number of nitriles is 1. The maximum absolute atomic E-state index is 12.1. The topological polar surface area (TPSA) is 109 Å². The van der Waals surface area contributed by atoms with Gasteiger partial charge in [-0.3, -0.25) is 9.59 Å². The van der Waals surface area contributed by atoms with E-state index in [9.17, 15) is 9.59 Å². The van der Waals surface area contributed by atoms with Crippen LogP contribution in [0.3, 0.4) is 0 Å². The molecule has 3 aromatic rings. The Hall–Kier alpha value is -3.37. The van der Waals surface area contributed by atoms with Gasteiger partial charge in [0.2, 0.25) is 11.8 Å². The second-order valence-corrected chi connectivity index (χ2v) is 6.81. The molecular formula is C20H16N4O2S. The average molecular weight is 376 g/mol. The maximum Gasteiger partial charge on any atom is 0.249 e. The standard InChI is InChI=1S/C20H16N4O2S/c21-12-13-5-1-3-7-16(13)23-18(25)9-10-27-19-11-15(20(22)26)14-6-2-4-8-17(14)24-19/h1-8,11H,9-10H2,(H2,22,26)(H,23,25). The van der Waals surface area contributed by atoms with Crippen LogP contribution in [-0.2, 0) is 4.79 Å². The molecule has 3 rings (SSSR count). The van der Waals surface area contributed by atoms with E-state index in [1.54, 1.807) is 36.4 Å². The van der Waals surface area contributed by atoms with Crippen LogP contribution in [0.25, 0.3) is 10.9 Å². The molecule has 27 heavy (non-hydrogen) atoms. The van der Waals surface area contributed by atoms with E-state index in [0.29, 0.717) is 38.5 Å². The second-order valence-electron chi connectivity index (χ2n) is 5.69. The van der Waals surface area contributed by atoms with E-state index in [4.69, 9.17) is 11.0 Å². The lowest BCUT2D eigenvalue weighted by Crippen LogP contribution is -2.13. The summed E-state index contributed by atoms with van der Waals surface area (Å²) in [5.74, 6) is -0.230. The molecule has 0 aliphatic rings. The number of carbonyl (C=O) groups is 2. The lowest BCUT2D eigenvalue weighted by atomic mass is 10.1. The predicted molar refractivity (Wildman–Crippen MR) is 105 cm³/mol. The van der Waals surface area contributed by atoms with Crippen LogP contribution in [0.5, 0.6) is 0 Å². The van der Waals surface area contributed by atoms with Crippen LogP contribution in [-0.4, -0.2) is 22.6 Å². The summed E-state index contributed by atoms with van der Waals surface area (Å²) in [5, 5.41) is 13.1. The Morgan fingerprint density at radius 2 is 1.89 bits per heavy atom. The smallest absolute Gasteiger partial charge is 0.249 e. The summed E-state index contributed by atoms with van der Waals surface area (Å²) < 4.78 is 0.